The molecule has 0 aliphatic carbocycles. The third-order valence-electron chi connectivity index (χ3n) is 5.27. The summed E-state index contributed by atoms with van der Waals surface area (Å²) in [6, 6.07) is 4.14. The number of rotatable bonds is 8. The van der Waals surface area contributed by atoms with Crippen LogP contribution in [0.4, 0.5) is 39.5 Å². The van der Waals surface area contributed by atoms with Crippen LogP contribution in [-0.4, -0.2) is 122 Å². The average molecular weight is 687 g/mol. The van der Waals surface area contributed by atoms with E-state index in [0.29, 0.717) is 12.5 Å². The number of aromatic nitrogens is 4. The number of carboxylic acids is 3. The van der Waals surface area contributed by atoms with Gasteiger partial charge in [-0.1, -0.05) is 5.21 Å². The molecular formula is C24H31F9N6O7. The van der Waals surface area contributed by atoms with E-state index in [-0.39, 0.29) is 0 Å². The van der Waals surface area contributed by atoms with Crippen LogP contribution in [-0.2, 0) is 38.8 Å². The molecule has 3 rings (SSSR count). The van der Waals surface area contributed by atoms with Gasteiger partial charge in [0.05, 0.1) is 18.9 Å². The van der Waals surface area contributed by atoms with Crippen LogP contribution in [0.15, 0.2) is 24.5 Å². The van der Waals surface area contributed by atoms with Crippen molar-refractivity contribution in [3.05, 3.63) is 41.5 Å². The first kappa shape index (κ1) is 42.0. The number of alkyl halides is 9. The number of likely N-dealkylation sites (N-methyl/N-ethyl adjacent to an activating group) is 1. The molecule has 0 fully saturated rings. The molecule has 0 spiro atoms. The molecule has 22 heteroatoms. The number of pyridine rings is 1. The third kappa shape index (κ3) is 16.9. The maximum atomic E-state index is 10.6. The number of carboxylic acid groups (broad SMARTS) is 3. The molecule has 46 heavy (non-hydrogen) atoms. The lowest BCUT2D eigenvalue weighted by Gasteiger charge is -2.32. The van der Waals surface area contributed by atoms with E-state index < -0.39 is 36.4 Å². The molecule has 1 atom stereocenters. The molecule has 3 heterocycles. The van der Waals surface area contributed by atoms with E-state index in [1.165, 1.54) is 11.3 Å². The molecule has 1 unspecified atom stereocenters. The van der Waals surface area contributed by atoms with Crippen molar-refractivity contribution in [2.75, 3.05) is 40.4 Å². The Balaban J connectivity index is 0.000000786. The summed E-state index contributed by atoms with van der Waals surface area (Å²) in [6.07, 6.45) is -11.6. The Hall–Kier alpha value is -4.05. The highest BCUT2D eigenvalue weighted by atomic mass is 19.4. The topological polar surface area (TPSA) is 171 Å². The summed E-state index contributed by atoms with van der Waals surface area (Å²) in [5.74, 6) is -7.96. The Morgan fingerprint density at radius 1 is 0.913 bits per heavy atom. The van der Waals surface area contributed by atoms with Crippen molar-refractivity contribution in [2.24, 2.45) is 0 Å². The maximum Gasteiger partial charge on any atom is 0.490 e. The van der Waals surface area contributed by atoms with Crippen LogP contribution in [0, 0.1) is 0 Å². The first-order valence-corrected chi connectivity index (χ1v) is 12.7. The first-order chi connectivity index (χ1) is 21.0. The summed E-state index contributed by atoms with van der Waals surface area (Å²) >= 11 is 0. The predicted molar refractivity (Wildman–Crippen MR) is 137 cm³/mol. The second kappa shape index (κ2) is 18.8. The SMILES string of the molecule is CCn1nnc2c1C(COCCN(C)C)CN(Cc1ccncc1)C2.O=C(O)C(F)(F)F.O=C(O)C(F)(F)F.O=C(O)C(F)(F)F. The van der Waals surface area contributed by atoms with Crippen molar-refractivity contribution in [2.45, 2.75) is 51.0 Å². The number of nitrogens with zero attached hydrogens (tertiary/aromatic N) is 6. The van der Waals surface area contributed by atoms with Gasteiger partial charge in [0.1, 0.15) is 5.69 Å². The molecule has 3 N–H and O–H groups in total. The highest BCUT2D eigenvalue weighted by Gasteiger charge is 2.39. The standard InChI is InChI=1S/C18H28N6O.3C2HF3O2/c1-4-24-18-16(14-25-10-9-22(2)3)12-23(13-17(18)20-21-24)11-15-5-7-19-8-6-15;3*3-2(4,5)1(6)7/h5-8,16H,4,9-14H2,1-3H3;3*(H,6,7). The van der Waals surface area contributed by atoms with Crippen LogP contribution >= 0.6 is 0 Å². The minimum absolute atomic E-state index is 0.308. The van der Waals surface area contributed by atoms with Gasteiger partial charge in [0.15, 0.2) is 0 Å². The van der Waals surface area contributed by atoms with Crippen LogP contribution in [0.3, 0.4) is 0 Å². The highest BCUT2D eigenvalue weighted by Crippen LogP contribution is 2.28. The highest BCUT2D eigenvalue weighted by molar-refractivity contribution is 5.73. The first-order valence-electron chi connectivity index (χ1n) is 12.7. The largest absolute Gasteiger partial charge is 0.490 e. The molecule has 13 nitrogen and oxygen atoms in total. The summed E-state index contributed by atoms with van der Waals surface area (Å²) in [6.45, 7) is 8.05. The zero-order valence-electron chi connectivity index (χ0n) is 24.4. The summed E-state index contributed by atoms with van der Waals surface area (Å²) in [5.41, 5.74) is 3.61. The molecule has 0 aromatic carbocycles. The van der Waals surface area contributed by atoms with Crippen molar-refractivity contribution in [3.63, 3.8) is 0 Å². The number of hydrogen-bond donors (Lipinski definition) is 3. The Labute approximate surface area is 255 Å². The molecule has 0 saturated heterocycles. The van der Waals surface area contributed by atoms with Crippen molar-refractivity contribution in [3.8, 4) is 0 Å². The van der Waals surface area contributed by atoms with Gasteiger partial charge in [-0.05, 0) is 38.7 Å². The molecule has 0 bridgehead atoms. The Morgan fingerprint density at radius 3 is 1.76 bits per heavy atom. The second-order valence-corrected chi connectivity index (χ2v) is 9.25. The van der Waals surface area contributed by atoms with Gasteiger partial charge >= 0.3 is 36.4 Å². The van der Waals surface area contributed by atoms with Gasteiger partial charge in [-0.3, -0.25) is 9.88 Å². The summed E-state index contributed by atoms with van der Waals surface area (Å²) < 4.78 is 103. The summed E-state index contributed by atoms with van der Waals surface area (Å²) in [5, 5.41) is 30.1. The molecule has 262 valence electrons. The van der Waals surface area contributed by atoms with E-state index in [4.69, 9.17) is 34.4 Å². The lowest BCUT2D eigenvalue weighted by molar-refractivity contribution is -0.193. The van der Waals surface area contributed by atoms with Crippen molar-refractivity contribution in [1.29, 1.82) is 0 Å². The van der Waals surface area contributed by atoms with Crippen LogP contribution in [0.5, 0.6) is 0 Å². The quantitative estimate of drug-likeness (QED) is 0.274. The number of halogens is 9. The Kier molecular flexibility index (Phi) is 17.2. The lowest BCUT2D eigenvalue weighted by atomic mass is 9.98. The fourth-order valence-corrected chi connectivity index (χ4v) is 3.29. The van der Waals surface area contributed by atoms with Crippen molar-refractivity contribution < 1.29 is 74.0 Å². The number of aliphatic carboxylic acids is 3. The number of hydrogen-bond acceptors (Lipinski definition) is 9. The zero-order chi connectivity index (χ0) is 35.9. The molecule has 2 aromatic rings. The lowest BCUT2D eigenvalue weighted by Crippen LogP contribution is -2.36. The van der Waals surface area contributed by atoms with Gasteiger partial charge in [-0.15, -0.1) is 5.10 Å². The third-order valence-corrected chi connectivity index (χ3v) is 5.27. The normalized spacial score (nSPS) is 14.8. The minimum Gasteiger partial charge on any atom is -0.475 e. The fourth-order valence-electron chi connectivity index (χ4n) is 3.29. The van der Waals surface area contributed by atoms with E-state index in [9.17, 15) is 39.5 Å². The summed E-state index contributed by atoms with van der Waals surface area (Å²) in [7, 11) is 4.13. The van der Waals surface area contributed by atoms with Crippen molar-refractivity contribution in [1.82, 2.24) is 29.8 Å². The molecule has 0 saturated carbocycles. The molecular weight excluding hydrogens is 655 g/mol. The van der Waals surface area contributed by atoms with E-state index in [1.54, 1.807) is 0 Å². The smallest absolute Gasteiger partial charge is 0.475 e. The minimum atomic E-state index is -5.08. The average Bonchev–Trinajstić information content (AvgIpc) is 3.34. The van der Waals surface area contributed by atoms with E-state index in [2.05, 4.69) is 58.2 Å². The molecule has 0 amide bonds. The van der Waals surface area contributed by atoms with Crippen molar-refractivity contribution >= 4 is 17.9 Å². The van der Waals surface area contributed by atoms with Crippen LogP contribution in [0.2, 0.25) is 0 Å². The maximum absolute atomic E-state index is 10.6. The van der Waals surface area contributed by atoms with E-state index >= 15 is 0 Å². The van der Waals surface area contributed by atoms with E-state index in [0.717, 1.165) is 45.0 Å². The molecule has 2 aromatic heterocycles. The number of ether oxygens (including phenoxy) is 1. The van der Waals surface area contributed by atoms with E-state index in [1.807, 2.05) is 17.1 Å². The van der Waals surface area contributed by atoms with Gasteiger partial charge in [-0.25, -0.2) is 19.1 Å². The molecule has 1 aliphatic rings. The van der Waals surface area contributed by atoms with Gasteiger partial charge < -0.3 is 25.0 Å². The summed E-state index contributed by atoms with van der Waals surface area (Å²) in [4.78, 5) is 35.3. The predicted octanol–water partition coefficient (Wildman–Crippen LogP) is 3.27. The van der Waals surface area contributed by atoms with Crippen LogP contribution in [0.25, 0.3) is 0 Å². The van der Waals surface area contributed by atoms with Gasteiger partial charge in [0, 0.05) is 51.0 Å². The number of fused-ring (bicyclic) bond motifs is 1. The fraction of sp³-hybridized carbons (Fsp3) is 0.583. The van der Waals surface area contributed by atoms with Gasteiger partial charge in [-0.2, -0.15) is 39.5 Å². The number of aryl methyl sites for hydroxylation is 1. The Morgan fingerprint density at radius 2 is 1.37 bits per heavy atom. The Bertz CT molecular complexity index is 1170. The van der Waals surface area contributed by atoms with Gasteiger partial charge in [0.25, 0.3) is 0 Å². The van der Waals surface area contributed by atoms with Crippen LogP contribution < -0.4 is 0 Å². The zero-order valence-corrected chi connectivity index (χ0v) is 24.4. The molecule has 1 aliphatic heterocycles. The molecule has 0 radical (unpaired) electrons. The number of carbonyl (C=O) groups is 3. The monoisotopic (exact) mass is 686 g/mol. The second-order valence-electron chi connectivity index (χ2n) is 9.25. The van der Waals surface area contributed by atoms with Gasteiger partial charge in [0.2, 0.25) is 0 Å². The van der Waals surface area contributed by atoms with Crippen LogP contribution in [0.1, 0.15) is 29.8 Å².